The van der Waals surface area contributed by atoms with Crippen LogP contribution in [0.2, 0.25) is 0 Å². The number of carbonyl (C=O) groups excluding carboxylic acids is 2. The van der Waals surface area contributed by atoms with Crippen molar-refractivity contribution in [3.8, 4) is 6.07 Å². The molecule has 0 aromatic heterocycles. The number of anilines is 2. The van der Waals surface area contributed by atoms with Gasteiger partial charge in [-0.25, -0.2) is 9.59 Å². The summed E-state index contributed by atoms with van der Waals surface area (Å²) in [5, 5.41) is 12.7. The zero-order valence-electron chi connectivity index (χ0n) is 21.2. The molecule has 1 fully saturated rings. The Kier molecular flexibility index (Phi) is 8.23. The van der Waals surface area contributed by atoms with Crippen LogP contribution < -0.4 is 10.2 Å². The molecule has 1 aliphatic rings. The summed E-state index contributed by atoms with van der Waals surface area (Å²) in [5.74, 6) is 0.356. The molecule has 0 unspecified atom stereocenters. The summed E-state index contributed by atoms with van der Waals surface area (Å²) in [7, 11) is 0. The molecular weight excluding hydrogens is 420 g/mol. The van der Waals surface area contributed by atoms with E-state index in [0.717, 1.165) is 17.7 Å². The molecule has 0 spiro atoms. The van der Waals surface area contributed by atoms with Crippen molar-refractivity contribution in [1.82, 2.24) is 4.90 Å². The van der Waals surface area contributed by atoms with Crippen LogP contribution in [0.4, 0.5) is 21.0 Å². The van der Waals surface area contributed by atoms with Crippen LogP contribution in [0.15, 0.2) is 12.1 Å². The van der Waals surface area contributed by atoms with Crippen LogP contribution in [0.5, 0.6) is 0 Å². The predicted molar refractivity (Wildman–Crippen MR) is 130 cm³/mol. The second-order valence-electron chi connectivity index (χ2n) is 10.8. The van der Waals surface area contributed by atoms with Crippen LogP contribution in [0, 0.1) is 17.2 Å². The Labute approximate surface area is 197 Å². The minimum Gasteiger partial charge on any atom is -0.444 e. The number of piperazine rings is 1. The fourth-order valence-electron chi connectivity index (χ4n) is 3.58. The van der Waals surface area contributed by atoms with E-state index in [4.69, 9.17) is 9.47 Å². The molecule has 0 saturated carbocycles. The third-order valence-electron chi connectivity index (χ3n) is 4.88. The Bertz CT molecular complexity index is 899. The fraction of sp³-hybridized carbons (Fsp3) is 0.640. The maximum absolute atomic E-state index is 12.4. The Hall–Kier alpha value is -2.95. The lowest BCUT2D eigenvalue weighted by molar-refractivity contribution is 0.0240. The van der Waals surface area contributed by atoms with Gasteiger partial charge in [0.05, 0.1) is 11.3 Å². The molecule has 33 heavy (non-hydrogen) atoms. The first-order valence-corrected chi connectivity index (χ1v) is 11.5. The lowest BCUT2D eigenvalue weighted by atomic mass is 9.97. The van der Waals surface area contributed by atoms with Gasteiger partial charge in [-0.15, -0.1) is 0 Å². The highest BCUT2D eigenvalue weighted by Gasteiger charge is 2.27. The summed E-state index contributed by atoms with van der Waals surface area (Å²) < 4.78 is 10.9. The van der Waals surface area contributed by atoms with Crippen LogP contribution in [-0.2, 0) is 15.9 Å². The van der Waals surface area contributed by atoms with Crippen LogP contribution in [0.1, 0.15) is 66.5 Å². The molecule has 0 aliphatic carbocycles. The zero-order chi connectivity index (χ0) is 25.0. The van der Waals surface area contributed by atoms with Gasteiger partial charge in [-0.2, -0.15) is 5.26 Å². The minimum absolute atomic E-state index is 0.319. The van der Waals surface area contributed by atoms with Gasteiger partial charge < -0.3 is 19.3 Å². The Morgan fingerprint density at radius 2 is 1.61 bits per heavy atom. The molecule has 182 valence electrons. The van der Waals surface area contributed by atoms with E-state index in [1.807, 2.05) is 47.6 Å². The van der Waals surface area contributed by atoms with Crippen LogP contribution >= 0.6 is 0 Å². The van der Waals surface area contributed by atoms with Crippen LogP contribution in [0.3, 0.4) is 0 Å². The van der Waals surface area contributed by atoms with Crippen molar-refractivity contribution in [1.29, 1.82) is 5.26 Å². The first kappa shape index (κ1) is 26.3. The van der Waals surface area contributed by atoms with E-state index in [0.29, 0.717) is 43.3 Å². The van der Waals surface area contributed by atoms with Gasteiger partial charge in [0.1, 0.15) is 17.3 Å². The number of rotatable bonds is 4. The van der Waals surface area contributed by atoms with E-state index < -0.39 is 17.3 Å². The number of benzene rings is 1. The second-order valence-corrected chi connectivity index (χ2v) is 10.8. The normalized spacial score (nSPS) is 14.7. The molecule has 1 heterocycles. The predicted octanol–water partition coefficient (Wildman–Crippen LogP) is 5.16. The van der Waals surface area contributed by atoms with Crippen molar-refractivity contribution in [2.45, 2.75) is 73.0 Å². The monoisotopic (exact) mass is 458 g/mol. The number of nitriles is 1. The van der Waals surface area contributed by atoms with Gasteiger partial charge in [0.25, 0.3) is 0 Å². The first-order chi connectivity index (χ1) is 15.2. The average Bonchev–Trinajstić information content (AvgIpc) is 2.66. The molecule has 1 saturated heterocycles. The molecule has 1 aromatic rings. The molecule has 1 N–H and O–H groups in total. The topological polar surface area (TPSA) is 94.9 Å². The number of hydrogen-bond donors (Lipinski definition) is 1. The quantitative estimate of drug-likeness (QED) is 0.670. The summed E-state index contributed by atoms with van der Waals surface area (Å²) in [5.41, 5.74) is 1.66. The number of nitrogens with zero attached hydrogens (tertiary/aromatic N) is 3. The van der Waals surface area contributed by atoms with E-state index in [9.17, 15) is 14.9 Å². The minimum atomic E-state index is -0.617. The molecule has 1 aromatic carbocycles. The maximum Gasteiger partial charge on any atom is 0.412 e. The van der Waals surface area contributed by atoms with Crippen molar-refractivity contribution < 1.29 is 19.1 Å². The fourth-order valence-corrected chi connectivity index (χ4v) is 3.58. The Morgan fingerprint density at radius 1 is 1.03 bits per heavy atom. The van der Waals surface area contributed by atoms with Crippen LogP contribution in [0.25, 0.3) is 0 Å². The van der Waals surface area contributed by atoms with E-state index >= 15 is 0 Å². The Balaban J connectivity index is 2.25. The van der Waals surface area contributed by atoms with Gasteiger partial charge in [0.2, 0.25) is 0 Å². The molecule has 2 amide bonds. The molecule has 0 atom stereocenters. The molecule has 8 heteroatoms. The number of ether oxygens (including phenoxy) is 2. The molecule has 0 bridgehead atoms. The highest BCUT2D eigenvalue weighted by Crippen LogP contribution is 2.31. The number of amides is 2. The van der Waals surface area contributed by atoms with E-state index in [2.05, 4.69) is 30.1 Å². The first-order valence-electron chi connectivity index (χ1n) is 11.5. The van der Waals surface area contributed by atoms with Gasteiger partial charge in [-0.05, 0) is 71.6 Å². The summed E-state index contributed by atoms with van der Waals surface area (Å²) in [6.07, 6.45) is -0.128. The van der Waals surface area contributed by atoms with Gasteiger partial charge in [-0.1, -0.05) is 13.8 Å². The lowest BCUT2D eigenvalue weighted by Gasteiger charge is -2.37. The zero-order valence-corrected chi connectivity index (χ0v) is 21.2. The van der Waals surface area contributed by atoms with Crippen molar-refractivity contribution in [3.05, 3.63) is 23.3 Å². The highest BCUT2D eigenvalue weighted by atomic mass is 16.6. The van der Waals surface area contributed by atoms with Crippen molar-refractivity contribution >= 4 is 23.6 Å². The number of carbonyl (C=O) groups is 2. The average molecular weight is 459 g/mol. The van der Waals surface area contributed by atoms with E-state index in [-0.39, 0.29) is 6.09 Å². The van der Waals surface area contributed by atoms with Gasteiger partial charge in [0, 0.05) is 31.9 Å². The third-order valence-corrected chi connectivity index (χ3v) is 4.88. The van der Waals surface area contributed by atoms with Crippen molar-refractivity contribution in [2.75, 3.05) is 36.4 Å². The summed E-state index contributed by atoms with van der Waals surface area (Å²) in [4.78, 5) is 28.6. The van der Waals surface area contributed by atoms with Gasteiger partial charge in [-0.3, -0.25) is 5.32 Å². The van der Waals surface area contributed by atoms with Crippen LogP contribution in [-0.4, -0.2) is 54.5 Å². The summed E-state index contributed by atoms with van der Waals surface area (Å²) in [6, 6.07) is 5.96. The highest BCUT2D eigenvalue weighted by molar-refractivity contribution is 5.87. The number of hydrogen-bond acceptors (Lipinski definition) is 6. The van der Waals surface area contributed by atoms with E-state index in [1.165, 1.54) is 0 Å². The standard InChI is InChI=1S/C25H38N4O4/c1-17(2)13-18-15-21(19(16-26)14-20(18)27-22(30)32-24(3,4)5)28-9-11-29(12-10-28)23(31)33-25(6,7)8/h14-15,17H,9-13H2,1-8H3,(H,27,30). The molecular formula is C25H38N4O4. The summed E-state index contributed by atoms with van der Waals surface area (Å²) in [6.45, 7) is 17.4. The summed E-state index contributed by atoms with van der Waals surface area (Å²) >= 11 is 0. The number of nitrogens with one attached hydrogen (secondary N) is 1. The third kappa shape index (κ3) is 8.16. The SMILES string of the molecule is CC(C)Cc1cc(N2CCN(C(=O)OC(C)(C)C)CC2)c(C#N)cc1NC(=O)OC(C)(C)C. The van der Waals surface area contributed by atoms with Crippen molar-refractivity contribution in [3.63, 3.8) is 0 Å². The second kappa shape index (κ2) is 10.3. The Morgan fingerprint density at radius 3 is 2.09 bits per heavy atom. The van der Waals surface area contributed by atoms with Gasteiger partial charge >= 0.3 is 12.2 Å². The van der Waals surface area contributed by atoms with Crippen molar-refractivity contribution in [2.24, 2.45) is 5.92 Å². The van der Waals surface area contributed by atoms with E-state index in [1.54, 1.807) is 11.0 Å². The maximum atomic E-state index is 12.4. The largest absolute Gasteiger partial charge is 0.444 e. The molecule has 8 nitrogen and oxygen atoms in total. The molecule has 1 aliphatic heterocycles. The lowest BCUT2D eigenvalue weighted by Crippen LogP contribution is -2.50. The van der Waals surface area contributed by atoms with Gasteiger partial charge in [0.15, 0.2) is 0 Å². The molecule has 2 rings (SSSR count). The smallest absolute Gasteiger partial charge is 0.412 e. The molecule has 0 radical (unpaired) electrons.